The maximum absolute atomic E-state index is 13.0. The molecular weight excluding hydrogens is 524 g/mol. The van der Waals surface area contributed by atoms with Gasteiger partial charge in [0.15, 0.2) is 0 Å². The third-order valence-corrected chi connectivity index (χ3v) is 10.7. The van der Waals surface area contributed by atoms with Gasteiger partial charge in [-0.25, -0.2) is 9.59 Å². The molecule has 0 unspecified atom stereocenters. The Morgan fingerprint density at radius 1 is 0.524 bits per heavy atom. The van der Waals surface area contributed by atoms with Crippen LogP contribution in [0.15, 0.2) is 24.3 Å². The molecule has 0 radical (unpaired) electrons. The Balaban J connectivity index is 1.11. The van der Waals surface area contributed by atoms with Crippen LogP contribution in [0.1, 0.15) is 149 Å². The number of rotatable bonds is 12. The van der Waals surface area contributed by atoms with Gasteiger partial charge in [-0.1, -0.05) is 83.1 Å². The van der Waals surface area contributed by atoms with Crippen molar-refractivity contribution in [2.75, 3.05) is 26.3 Å². The molecule has 6 heteroatoms. The monoisotopic (exact) mass is 580 g/mol. The second-order valence-electron chi connectivity index (χ2n) is 13.5. The molecule has 1 aromatic rings. The van der Waals surface area contributed by atoms with Crippen molar-refractivity contribution in [1.82, 2.24) is 9.80 Å². The Bertz CT molecular complexity index is 850. The predicted molar refractivity (Wildman–Crippen MR) is 168 cm³/mol. The van der Waals surface area contributed by atoms with Crippen molar-refractivity contribution in [3.05, 3.63) is 35.4 Å². The van der Waals surface area contributed by atoms with Crippen LogP contribution in [0, 0.1) is 0 Å². The van der Waals surface area contributed by atoms with Gasteiger partial charge in [0.1, 0.15) is 13.2 Å². The summed E-state index contributed by atoms with van der Waals surface area (Å²) in [5.74, 6) is -0.699. The maximum Gasteiger partial charge on any atom is 0.338 e. The standard InChI is InChI=1S/C36H56N2O4/c39-35(41-26-24-37(31-16-5-1-6-17-31)32-18-7-2-8-19-32)29-14-13-15-30(28-29)36(40)42-27-25-38(33-20-9-3-10-21-33)34-22-11-4-12-23-34/h13-15,28,31-34H,1-12,16-27H2. The van der Waals surface area contributed by atoms with Gasteiger partial charge < -0.3 is 9.47 Å². The third-order valence-electron chi connectivity index (χ3n) is 10.7. The van der Waals surface area contributed by atoms with Crippen LogP contribution in [0.3, 0.4) is 0 Å². The summed E-state index contributed by atoms with van der Waals surface area (Å²) in [6, 6.07) is 9.42. The van der Waals surface area contributed by atoms with Crippen molar-refractivity contribution < 1.29 is 19.1 Å². The number of ether oxygens (including phenoxy) is 2. The summed E-state index contributed by atoms with van der Waals surface area (Å²) in [6.07, 6.45) is 26.1. The van der Waals surface area contributed by atoms with Crippen LogP contribution in [-0.4, -0.2) is 72.2 Å². The highest BCUT2D eigenvalue weighted by Gasteiger charge is 2.30. The summed E-state index contributed by atoms with van der Waals surface area (Å²) >= 11 is 0. The smallest absolute Gasteiger partial charge is 0.338 e. The zero-order chi connectivity index (χ0) is 29.0. The van der Waals surface area contributed by atoms with Crippen molar-refractivity contribution in [3.8, 4) is 0 Å². The fraction of sp³-hybridized carbons (Fsp3) is 0.778. The molecule has 0 heterocycles. The summed E-state index contributed by atoms with van der Waals surface area (Å²) < 4.78 is 11.6. The molecule has 42 heavy (non-hydrogen) atoms. The van der Waals surface area contributed by atoms with E-state index in [1.807, 2.05) is 0 Å². The lowest BCUT2D eigenvalue weighted by molar-refractivity contribution is 0.0288. The lowest BCUT2D eigenvalue weighted by Crippen LogP contribution is -2.46. The summed E-state index contributed by atoms with van der Waals surface area (Å²) in [7, 11) is 0. The molecule has 0 bridgehead atoms. The number of benzene rings is 1. The van der Waals surface area contributed by atoms with Crippen LogP contribution in [0.25, 0.3) is 0 Å². The van der Waals surface area contributed by atoms with Crippen molar-refractivity contribution in [2.24, 2.45) is 0 Å². The van der Waals surface area contributed by atoms with Gasteiger partial charge in [0, 0.05) is 37.3 Å². The SMILES string of the molecule is O=C(OCCN(C1CCCCC1)C1CCCCC1)c1cccc(C(=O)OCCN(C2CCCCC2)C2CCCCC2)c1. The number of carbonyl (C=O) groups is 2. The number of hydrogen-bond donors (Lipinski definition) is 0. The Labute approximate surface area is 254 Å². The molecule has 0 aliphatic heterocycles. The van der Waals surface area contributed by atoms with Crippen molar-refractivity contribution in [3.63, 3.8) is 0 Å². The Morgan fingerprint density at radius 3 is 1.14 bits per heavy atom. The van der Waals surface area contributed by atoms with Gasteiger partial charge in [-0.3, -0.25) is 9.80 Å². The average molecular weight is 581 g/mol. The van der Waals surface area contributed by atoms with E-state index in [2.05, 4.69) is 9.80 Å². The minimum atomic E-state index is -0.349. The molecule has 234 valence electrons. The zero-order valence-electron chi connectivity index (χ0n) is 26.1. The fourth-order valence-corrected chi connectivity index (χ4v) is 8.40. The van der Waals surface area contributed by atoms with E-state index in [9.17, 15) is 9.59 Å². The van der Waals surface area contributed by atoms with Crippen molar-refractivity contribution >= 4 is 11.9 Å². The van der Waals surface area contributed by atoms with Gasteiger partial charge in [0.05, 0.1) is 11.1 Å². The molecule has 4 saturated carbocycles. The van der Waals surface area contributed by atoms with E-state index in [0.29, 0.717) is 48.5 Å². The van der Waals surface area contributed by atoms with Gasteiger partial charge in [0.25, 0.3) is 0 Å². The van der Waals surface area contributed by atoms with E-state index in [1.165, 1.54) is 128 Å². The quantitative estimate of drug-likeness (QED) is 0.234. The van der Waals surface area contributed by atoms with E-state index in [0.717, 1.165) is 13.1 Å². The van der Waals surface area contributed by atoms with Gasteiger partial charge in [-0.15, -0.1) is 0 Å². The first-order chi connectivity index (χ1) is 20.7. The van der Waals surface area contributed by atoms with Gasteiger partial charge in [-0.05, 0) is 69.6 Å². The molecule has 0 N–H and O–H groups in total. The average Bonchev–Trinajstić information content (AvgIpc) is 3.06. The van der Waals surface area contributed by atoms with Crippen LogP contribution in [0.4, 0.5) is 0 Å². The molecule has 0 amide bonds. The first-order valence-corrected chi connectivity index (χ1v) is 17.6. The number of nitrogens with zero attached hydrogens (tertiary/aromatic N) is 2. The Morgan fingerprint density at radius 2 is 0.833 bits per heavy atom. The molecular formula is C36H56N2O4. The molecule has 4 aliphatic rings. The molecule has 0 atom stereocenters. The highest BCUT2D eigenvalue weighted by atomic mass is 16.5. The third kappa shape index (κ3) is 9.05. The van der Waals surface area contributed by atoms with E-state index in [1.54, 1.807) is 24.3 Å². The fourth-order valence-electron chi connectivity index (χ4n) is 8.40. The summed E-state index contributed by atoms with van der Waals surface area (Å²) in [5, 5.41) is 0. The Hall–Kier alpha value is -1.92. The molecule has 4 fully saturated rings. The highest BCUT2D eigenvalue weighted by Crippen LogP contribution is 2.31. The molecule has 0 saturated heterocycles. The van der Waals surface area contributed by atoms with E-state index in [4.69, 9.17) is 9.47 Å². The minimum Gasteiger partial charge on any atom is -0.461 e. The molecule has 6 nitrogen and oxygen atoms in total. The second-order valence-corrected chi connectivity index (χ2v) is 13.5. The molecule has 5 rings (SSSR count). The van der Waals surface area contributed by atoms with Gasteiger partial charge >= 0.3 is 11.9 Å². The first-order valence-electron chi connectivity index (χ1n) is 17.6. The predicted octanol–water partition coefficient (Wildman–Crippen LogP) is 7.94. The second kappa shape index (κ2) is 16.8. The lowest BCUT2D eigenvalue weighted by Gasteiger charge is -2.41. The van der Waals surface area contributed by atoms with Crippen molar-refractivity contribution in [1.29, 1.82) is 0 Å². The van der Waals surface area contributed by atoms with Crippen molar-refractivity contribution in [2.45, 2.75) is 153 Å². The highest BCUT2D eigenvalue weighted by molar-refractivity contribution is 5.95. The van der Waals surface area contributed by atoms with Gasteiger partial charge in [0.2, 0.25) is 0 Å². The summed E-state index contributed by atoms with van der Waals surface area (Å²) in [4.78, 5) is 31.4. The number of hydrogen-bond acceptors (Lipinski definition) is 6. The largest absolute Gasteiger partial charge is 0.461 e. The number of carbonyl (C=O) groups excluding carboxylic acids is 2. The van der Waals surface area contributed by atoms with Crippen LogP contribution >= 0.6 is 0 Å². The van der Waals surface area contributed by atoms with Crippen LogP contribution in [0.5, 0.6) is 0 Å². The first kappa shape index (κ1) is 31.5. The zero-order valence-corrected chi connectivity index (χ0v) is 26.1. The van der Waals surface area contributed by atoms with E-state index < -0.39 is 0 Å². The van der Waals surface area contributed by atoms with E-state index >= 15 is 0 Å². The van der Waals surface area contributed by atoms with E-state index in [-0.39, 0.29) is 11.9 Å². The molecule has 0 aromatic heterocycles. The number of esters is 2. The topological polar surface area (TPSA) is 59.1 Å². The molecule has 1 aromatic carbocycles. The Kier molecular flexibility index (Phi) is 12.6. The lowest BCUT2D eigenvalue weighted by atomic mass is 9.88. The summed E-state index contributed by atoms with van der Waals surface area (Å²) in [5.41, 5.74) is 0.856. The van der Waals surface area contributed by atoms with Crippen LogP contribution in [-0.2, 0) is 9.47 Å². The summed E-state index contributed by atoms with van der Waals surface area (Å²) in [6.45, 7) is 2.42. The maximum atomic E-state index is 13.0. The van der Waals surface area contributed by atoms with Crippen LogP contribution in [0.2, 0.25) is 0 Å². The molecule has 0 spiro atoms. The molecule has 4 aliphatic carbocycles. The minimum absolute atomic E-state index is 0.349. The normalized spacial score (nSPS) is 22.0. The van der Waals surface area contributed by atoms with Gasteiger partial charge in [-0.2, -0.15) is 0 Å². The van der Waals surface area contributed by atoms with Crippen LogP contribution < -0.4 is 0 Å².